The second kappa shape index (κ2) is 12.3. The van der Waals surface area contributed by atoms with E-state index in [2.05, 4.69) is 20.6 Å². The molecule has 0 aliphatic carbocycles. The second-order valence-electron chi connectivity index (χ2n) is 9.50. The Morgan fingerprint density at radius 1 is 1.13 bits per heavy atom. The van der Waals surface area contributed by atoms with Gasteiger partial charge in [-0.05, 0) is 73.4 Å². The number of carbonyl (C=O) groups is 3. The molecule has 2 atom stereocenters. The number of nitrogens with one attached hydrogen (secondary N) is 2. The highest BCUT2D eigenvalue weighted by atomic mass is 16.5. The summed E-state index contributed by atoms with van der Waals surface area (Å²) in [5.74, 6) is -0.371. The first-order valence-electron chi connectivity index (χ1n) is 12.9. The fourth-order valence-corrected chi connectivity index (χ4v) is 4.48. The quantitative estimate of drug-likeness (QED) is 0.323. The van der Waals surface area contributed by atoms with Gasteiger partial charge in [-0.1, -0.05) is 25.1 Å². The maximum absolute atomic E-state index is 13.1. The standard InChI is InChI=1S/C30H32N4O5/c1-4-21-15-23(19(3)35)13-18(2)27(21)28(36)34-25(30(37)38)14-20-8-10-22(11-9-20)29-33-24(17-39-29)16-32-26-7-5-6-12-31-26/h5-13,15,24-25H,4,14,16-17H2,1-3H3,(H,31,32)(H,34,36)(H,37,38). The number of hydrogen-bond acceptors (Lipinski definition) is 7. The van der Waals surface area contributed by atoms with Crippen LogP contribution in [0, 0.1) is 6.92 Å². The number of hydrogen-bond donors (Lipinski definition) is 3. The van der Waals surface area contributed by atoms with Gasteiger partial charge in [0.2, 0.25) is 5.90 Å². The van der Waals surface area contributed by atoms with Crippen molar-refractivity contribution in [3.8, 4) is 0 Å². The van der Waals surface area contributed by atoms with E-state index in [0.29, 0.717) is 47.7 Å². The summed E-state index contributed by atoms with van der Waals surface area (Å²) in [6.07, 6.45) is 2.37. The average Bonchev–Trinajstić information content (AvgIpc) is 3.41. The third-order valence-electron chi connectivity index (χ3n) is 6.57. The molecular weight excluding hydrogens is 496 g/mol. The Morgan fingerprint density at radius 3 is 2.54 bits per heavy atom. The molecule has 202 valence electrons. The Morgan fingerprint density at radius 2 is 1.90 bits per heavy atom. The molecule has 2 unspecified atom stereocenters. The second-order valence-corrected chi connectivity index (χ2v) is 9.50. The highest BCUT2D eigenvalue weighted by Gasteiger charge is 2.25. The number of aryl methyl sites for hydroxylation is 2. The lowest BCUT2D eigenvalue weighted by molar-refractivity contribution is -0.139. The summed E-state index contributed by atoms with van der Waals surface area (Å²) in [6.45, 7) is 6.17. The molecule has 1 amide bonds. The number of ether oxygens (including phenoxy) is 1. The van der Waals surface area contributed by atoms with Crippen LogP contribution in [0.15, 0.2) is 65.8 Å². The van der Waals surface area contributed by atoms with Crippen LogP contribution in [-0.2, 0) is 22.4 Å². The molecule has 3 aromatic rings. The number of aliphatic imine (C=N–C) groups is 1. The van der Waals surface area contributed by atoms with Crippen molar-refractivity contribution in [2.75, 3.05) is 18.5 Å². The van der Waals surface area contributed by atoms with E-state index in [1.54, 1.807) is 25.3 Å². The van der Waals surface area contributed by atoms with Gasteiger partial charge in [0.1, 0.15) is 24.5 Å². The zero-order valence-corrected chi connectivity index (χ0v) is 22.2. The molecular formula is C30H32N4O5. The smallest absolute Gasteiger partial charge is 0.326 e. The molecule has 2 aromatic carbocycles. The molecule has 0 saturated heterocycles. The molecule has 3 N–H and O–H groups in total. The van der Waals surface area contributed by atoms with E-state index in [0.717, 1.165) is 16.9 Å². The molecule has 0 saturated carbocycles. The molecule has 0 fully saturated rings. The topological polar surface area (TPSA) is 130 Å². The van der Waals surface area contributed by atoms with E-state index in [9.17, 15) is 19.5 Å². The highest BCUT2D eigenvalue weighted by molar-refractivity contribution is 6.01. The number of anilines is 1. The molecule has 0 bridgehead atoms. The molecule has 1 aliphatic heterocycles. The minimum Gasteiger partial charge on any atom is -0.480 e. The number of amides is 1. The van der Waals surface area contributed by atoms with E-state index in [-0.39, 0.29) is 18.2 Å². The number of carboxylic acid groups (broad SMARTS) is 1. The van der Waals surface area contributed by atoms with Crippen LogP contribution >= 0.6 is 0 Å². The Labute approximate surface area is 227 Å². The molecule has 1 aliphatic rings. The van der Waals surface area contributed by atoms with Crippen LogP contribution in [0.4, 0.5) is 5.82 Å². The fraction of sp³-hybridized carbons (Fsp3) is 0.300. The normalized spacial score (nSPS) is 15.2. The number of Topliss-reactive ketones (excluding diaryl/α,β-unsaturated/α-hetero) is 1. The molecule has 9 nitrogen and oxygen atoms in total. The SMILES string of the molecule is CCc1cc(C(C)=O)cc(C)c1C(=O)NC(Cc1ccc(C2=NC(CNc3ccccn3)CO2)cc1)C(=O)O. The Kier molecular flexibility index (Phi) is 8.70. The van der Waals surface area contributed by atoms with Crippen molar-refractivity contribution in [2.24, 2.45) is 4.99 Å². The Bertz CT molecular complexity index is 1390. The minimum atomic E-state index is -1.13. The number of pyridine rings is 1. The van der Waals surface area contributed by atoms with Crippen LogP contribution in [0.5, 0.6) is 0 Å². The van der Waals surface area contributed by atoms with Gasteiger partial charge >= 0.3 is 5.97 Å². The fourth-order valence-electron chi connectivity index (χ4n) is 4.48. The van der Waals surface area contributed by atoms with Gasteiger partial charge in [-0.2, -0.15) is 0 Å². The van der Waals surface area contributed by atoms with Gasteiger partial charge in [-0.3, -0.25) is 9.59 Å². The van der Waals surface area contributed by atoms with Gasteiger partial charge in [0, 0.05) is 35.9 Å². The number of carboxylic acids is 1. The van der Waals surface area contributed by atoms with Crippen LogP contribution < -0.4 is 10.6 Å². The molecule has 1 aromatic heterocycles. The largest absolute Gasteiger partial charge is 0.480 e. The number of aliphatic carboxylic acids is 1. The lowest BCUT2D eigenvalue weighted by atomic mass is 9.94. The van der Waals surface area contributed by atoms with Gasteiger partial charge < -0.3 is 20.5 Å². The van der Waals surface area contributed by atoms with Gasteiger partial charge in [0.15, 0.2) is 5.78 Å². The summed E-state index contributed by atoms with van der Waals surface area (Å²) >= 11 is 0. The number of aromatic nitrogens is 1. The monoisotopic (exact) mass is 528 g/mol. The van der Waals surface area contributed by atoms with Crippen molar-refractivity contribution >= 4 is 29.4 Å². The molecule has 9 heteroatoms. The van der Waals surface area contributed by atoms with E-state index in [4.69, 9.17) is 4.74 Å². The number of rotatable bonds is 11. The third kappa shape index (κ3) is 6.87. The molecule has 0 radical (unpaired) electrons. The molecule has 4 rings (SSSR count). The molecule has 0 spiro atoms. The zero-order valence-electron chi connectivity index (χ0n) is 22.2. The lowest BCUT2D eigenvalue weighted by Crippen LogP contribution is -2.42. The van der Waals surface area contributed by atoms with Crippen molar-refractivity contribution in [2.45, 2.75) is 45.7 Å². The van der Waals surface area contributed by atoms with E-state index in [1.165, 1.54) is 6.92 Å². The van der Waals surface area contributed by atoms with E-state index in [1.807, 2.05) is 49.4 Å². The van der Waals surface area contributed by atoms with Gasteiger partial charge in [-0.25, -0.2) is 14.8 Å². The first kappa shape index (κ1) is 27.5. The number of nitrogens with zero attached hydrogens (tertiary/aromatic N) is 2. The summed E-state index contributed by atoms with van der Waals surface area (Å²) in [4.78, 5) is 45.9. The Hall–Kier alpha value is -4.53. The van der Waals surface area contributed by atoms with Crippen molar-refractivity contribution in [1.29, 1.82) is 0 Å². The highest BCUT2D eigenvalue weighted by Crippen LogP contribution is 2.20. The van der Waals surface area contributed by atoms with Crippen LogP contribution in [-0.4, -0.2) is 58.9 Å². The number of benzene rings is 2. The predicted octanol–water partition coefficient (Wildman–Crippen LogP) is 3.84. The van der Waals surface area contributed by atoms with Crippen molar-refractivity contribution < 1.29 is 24.2 Å². The van der Waals surface area contributed by atoms with Crippen LogP contribution in [0.3, 0.4) is 0 Å². The summed E-state index contributed by atoms with van der Waals surface area (Å²) in [5.41, 5.74) is 3.82. The first-order chi connectivity index (χ1) is 18.7. The molecule has 2 heterocycles. The maximum Gasteiger partial charge on any atom is 0.326 e. The summed E-state index contributed by atoms with van der Waals surface area (Å²) in [5, 5.41) is 15.7. The van der Waals surface area contributed by atoms with Gasteiger partial charge in [0.25, 0.3) is 5.91 Å². The van der Waals surface area contributed by atoms with E-state index >= 15 is 0 Å². The van der Waals surface area contributed by atoms with Crippen LogP contribution in [0.25, 0.3) is 0 Å². The summed E-state index contributed by atoms with van der Waals surface area (Å²) in [7, 11) is 0. The Balaban J connectivity index is 1.41. The third-order valence-corrected chi connectivity index (χ3v) is 6.57. The summed E-state index contributed by atoms with van der Waals surface area (Å²) in [6, 6.07) is 15.1. The number of carbonyl (C=O) groups excluding carboxylic acids is 2. The van der Waals surface area contributed by atoms with Crippen molar-refractivity contribution in [1.82, 2.24) is 10.3 Å². The van der Waals surface area contributed by atoms with E-state index < -0.39 is 17.9 Å². The average molecular weight is 529 g/mol. The lowest BCUT2D eigenvalue weighted by Gasteiger charge is -2.18. The van der Waals surface area contributed by atoms with Crippen LogP contribution in [0.1, 0.15) is 56.8 Å². The molecule has 39 heavy (non-hydrogen) atoms. The first-order valence-corrected chi connectivity index (χ1v) is 12.9. The minimum absolute atomic E-state index is 0.0470. The van der Waals surface area contributed by atoms with Crippen molar-refractivity contribution in [3.63, 3.8) is 0 Å². The van der Waals surface area contributed by atoms with Crippen molar-refractivity contribution in [3.05, 3.63) is 94.2 Å². The predicted molar refractivity (Wildman–Crippen MR) is 149 cm³/mol. The summed E-state index contributed by atoms with van der Waals surface area (Å²) < 4.78 is 5.77. The van der Waals surface area contributed by atoms with Crippen LogP contribution in [0.2, 0.25) is 0 Å². The van der Waals surface area contributed by atoms with Gasteiger partial charge in [-0.15, -0.1) is 0 Å². The maximum atomic E-state index is 13.1. The van der Waals surface area contributed by atoms with Gasteiger partial charge in [0.05, 0.1) is 0 Å². The zero-order chi connectivity index (χ0) is 27.9. The number of ketones is 1.